The van der Waals surface area contributed by atoms with Gasteiger partial charge in [0.15, 0.2) is 11.5 Å². The van der Waals surface area contributed by atoms with Crippen molar-refractivity contribution in [3.05, 3.63) is 23.8 Å². The zero-order valence-corrected chi connectivity index (χ0v) is 14.4. The van der Waals surface area contributed by atoms with E-state index < -0.39 is 6.61 Å². The van der Waals surface area contributed by atoms with E-state index in [1.807, 2.05) is 6.92 Å². The van der Waals surface area contributed by atoms with Crippen LogP contribution in [0.4, 0.5) is 8.78 Å². The summed E-state index contributed by atoms with van der Waals surface area (Å²) in [4.78, 5) is 2.32. The molecule has 0 bridgehead atoms. The van der Waals surface area contributed by atoms with Gasteiger partial charge in [0.25, 0.3) is 0 Å². The summed E-state index contributed by atoms with van der Waals surface area (Å²) in [5.41, 5.74) is 1.06. The Hall–Kier alpha value is -1.40. The fraction of sp³-hybridized carbons (Fsp3) is 0.667. The van der Waals surface area contributed by atoms with Crippen LogP contribution < -0.4 is 9.47 Å². The first kappa shape index (κ1) is 18.9. The fourth-order valence-electron chi connectivity index (χ4n) is 3.18. The van der Waals surface area contributed by atoms with E-state index in [2.05, 4.69) is 16.6 Å². The molecule has 0 atom stereocenters. The van der Waals surface area contributed by atoms with Crippen LogP contribution in [-0.4, -0.2) is 42.9 Å². The molecule has 6 heteroatoms. The lowest BCUT2D eigenvalue weighted by molar-refractivity contribution is -0.0514. The van der Waals surface area contributed by atoms with Crippen LogP contribution in [0.25, 0.3) is 0 Å². The van der Waals surface area contributed by atoms with E-state index in [1.54, 1.807) is 18.2 Å². The third kappa shape index (κ3) is 4.80. The fourth-order valence-corrected chi connectivity index (χ4v) is 3.18. The Morgan fingerprint density at radius 1 is 1.21 bits per heavy atom. The van der Waals surface area contributed by atoms with Crippen molar-refractivity contribution in [3.63, 3.8) is 0 Å². The number of benzene rings is 1. The molecule has 1 aromatic rings. The van der Waals surface area contributed by atoms with Crippen LogP contribution in [0.3, 0.4) is 0 Å². The highest BCUT2D eigenvalue weighted by molar-refractivity contribution is 5.43. The maximum absolute atomic E-state index is 12.4. The Bertz CT molecular complexity index is 511. The largest absolute Gasteiger partial charge is 0.490 e. The maximum atomic E-state index is 12.4. The number of likely N-dealkylation sites (tertiary alicyclic amines) is 1. The Morgan fingerprint density at radius 2 is 1.92 bits per heavy atom. The average Bonchev–Trinajstić information content (AvgIpc) is 2.58. The van der Waals surface area contributed by atoms with E-state index in [4.69, 9.17) is 4.74 Å². The first-order valence-electron chi connectivity index (χ1n) is 8.55. The molecule has 0 spiro atoms. The van der Waals surface area contributed by atoms with Crippen molar-refractivity contribution in [1.29, 1.82) is 0 Å². The molecule has 0 aromatic heterocycles. The number of aliphatic hydroxyl groups excluding tert-OH is 1. The summed E-state index contributed by atoms with van der Waals surface area (Å²) in [6.45, 7) is 4.29. The van der Waals surface area contributed by atoms with Crippen LogP contribution in [-0.2, 0) is 6.54 Å². The highest BCUT2D eigenvalue weighted by Gasteiger charge is 2.32. The van der Waals surface area contributed by atoms with Crippen LogP contribution in [0.1, 0.15) is 38.7 Å². The summed E-state index contributed by atoms with van der Waals surface area (Å²) in [5.74, 6) is 0.421. The normalized spacial score (nSPS) is 17.9. The van der Waals surface area contributed by atoms with Crippen LogP contribution in [0.5, 0.6) is 11.5 Å². The van der Waals surface area contributed by atoms with Crippen molar-refractivity contribution in [2.75, 3.05) is 26.3 Å². The molecule has 1 fully saturated rings. The average molecular weight is 343 g/mol. The molecule has 1 saturated heterocycles. The lowest BCUT2D eigenvalue weighted by Gasteiger charge is -2.40. The van der Waals surface area contributed by atoms with E-state index in [1.165, 1.54) is 0 Å². The molecular formula is C18H27F2NO3. The SMILES string of the molecule is CCOc1cc(CN2CCC(CC)(CO)CC2)ccc1OC(F)F. The van der Waals surface area contributed by atoms with Gasteiger partial charge in [-0.3, -0.25) is 4.90 Å². The monoisotopic (exact) mass is 343 g/mol. The van der Waals surface area contributed by atoms with E-state index in [-0.39, 0.29) is 17.8 Å². The second kappa shape index (κ2) is 8.62. The van der Waals surface area contributed by atoms with Crippen LogP contribution in [0.2, 0.25) is 0 Å². The predicted molar refractivity (Wildman–Crippen MR) is 88.6 cm³/mol. The molecule has 0 amide bonds. The minimum atomic E-state index is -2.86. The topological polar surface area (TPSA) is 41.9 Å². The number of aliphatic hydroxyl groups is 1. The summed E-state index contributed by atoms with van der Waals surface area (Å²) in [7, 11) is 0. The molecular weight excluding hydrogens is 316 g/mol. The molecule has 1 aliphatic rings. The standard InChI is InChI=1S/C18H27F2NO3/c1-3-18(13-22)7-9-21(10-8-18)12-14-5-6-15(24-17(19)20)16(11-14)23-4-2/h5-6,11,17,22H,3-4,7-10,12-13H2,1-2H3. The minimum absolute atomic E-state index is 0.0575. The third-order valence-electron chi connectivity index (χ3n) is 4.93. The summed E-state index contributed by atoms with van der Waals surface area (Å²) in [5, 5.41) is 9.61. The van der Waals surface area contributed by atoms with Gasteiger partial charge < -0.3 is 14.6 Å². The minimum Gasteiger partial charge on any atom is -0.490 e. The van der Waals surface area contributed by atoms with Crippen molar-refractivity contribution in [2.24, 2.45) is 5.41 Å². The van der Waals surface area contributed by atoms with Crippen LogP contribution >= 0.6 is 0 Å². The zero-order valence-electron chi connectivity index (χ0n) is 14.4. The second-order valence-electron chi connectivity index (χ2n) is 6.38. The van der Waals surface area contributed by atoms with E-state index in [0.717, 1.165) is 44.5 Å². The number of ether oxygens (including phenoxy) is 2. The van der Waals surface area contributed by atoms with Crippen molar-refractivity contribution >= 4 is 0 Å². The van der Waals surface area contributed by atoms with E-state index >= 15 is 0 Å². The van der Waals surface area contributed by atoms with Gasteiger partial charge in [-0.25, -0.2) is 0 Å². The summed E-state index contributed by atoms with van der Waals surface area (Å²) in [6, 6.07) is 5.11. The molecule has 4 nitrogen and oxygen atoms in total. The van der Waals surface area contributed by atoms with Crippen molar-refractivity contribution in [2.45, 2.75) is 46.3 Å². The molecule has 136 valence electrons. The number of hydrogen-bond donors (Lipinski definition) is 1. The van der Waals surface area contributed by atoms with Crippen LogP contribution in [0.15, 0.2) is 18.2 Å². The molecule has 0 unspecified atom stereocenters. The van der Waals surface area contributed by atoms with Gasteiger partial charge in [0, 0.05) is 13.2 Å². The lowest BCUT2D eigenvalue weighted by atomic mass is 9.77. The Balaban J connectivity index is 2.01. The number of hydrogen-bond acceptors (Lipinski definition) is 4. The molecule has 1 heterocycles. The molecule has 24 heavy (non-hydrogen) atoms. The zero-order chi connectivity index (χ0) is 17.6. The summed E-state index contributed by atoms with van der Waals surface area (Å²) in [6.07, 6.45) is 2.95. The smallest absolute Gasteiger partial charge is 0.387 e. The maximum Gasteiger partial charge on any atom is 0.387 e. The van der Waals surface area contributed by atoms with Crippen molar-refractivity contribution in [1.82, 2.24) is 4.90 Å². The van der Waals surface area contributed by atoms with Gasteiger partial charge in [-0.2, -0.15) is 8.78 Å². The number of alkyl halides is 2. The molecule has 1 aliphatic heterocycles. The highest BCUT2D eigenvalue weighted by atomic mass is 19.3. The molecule has 1 aromatic carbocycles. The van der Waals surface area contributed by atoms with Gasteiger partial charge in [-0.1, -0.05) is 13.0 Å². The molecule has 0 aliphatic carbocycles. The van der Waals surface area contributed by atoms with Gasteiger partial charge in [-0.15, -0.1) is 0 Å². The summed E-state index contributed by atoms with van der Waals surface area (Å²) < 4.78 is 34.8. The van der Waals surface area contributed by atoms with Crippen molar-refractivity contribution in [3.8, 4) is 11.5 Å². The van der Waals surface area contributed by atoms with Gasteiger partial charge in [0.1, 0.15) is 0 Å². The second-order valence-corrected chi connectivity index (χ2v) is 6.38. The first-order chi connectivity index (χ1) is 11.5. The van der Waals surface area contributed by atoms with Gasteiger partial charge >= 0.3 is 6.61 Å². The lowest BCUT2D eigenvalue weighted by Crippen LogP contribution is -2.41. The first-order valence-corrected chi connectivity index (χ1v) is 8.55. The highest BCUT2D eigenvalue weighted by Crippen LogP contribution is 2.35. The van der Waals surface area contributed by atoms with E-state index in [0.29, 0.717) is 12.4 Å². The molecule has 2 rings (SSSR count). The number of piperidine rings is 1. The van der Waals surface area contributed by atoms with Crippen LogP contribution in [0, 0.1) is 5.41 Å². The Labute approximate surface area is 142 Å². The Morgan fingerprint density at radius 3 is 2.46 bits per heavy atom. The van der Waals surface area contributed by atoms with Gasteiger partial charge in [-0.05, 0) is 62.4 Å². The number of rotatable bonds is 8. The quantitative estimate of drug-likeness (QED) is 0.782. The molecule has 1 N–H and O–H groups in total. The number of halogens is 2. The predicted octanol–water partition coefficient (Wildman–Crippen LogP) is 3.67. The van der Waals surface area contributed by atoms with Gasteiger partial charge in [0.05, 0.1) is 6.61 Å². The molecule has 0 radical (unpaired) electrons. The number of nitrogens with zero attached hydrogens (tertiary/aromatic N) is 1. The van der Waals surface area contributed by atoms with Gasteiger partial charge in [0.2, 0.25) is 0 Å². The third-order valence-corrected chi connectivity index (χ3v) is 4.93. The van der Waals surface area contributed by atoms with Crippen molar-refractivity contribution < 1.29 is 23.4 Å². The Kier molecular flexibility index (Phi) is 6.80. The summed E-state index contributed by atoms with van der Waals surface area (Å²) >= 11 is 0. The molecule has 0 saturated carbocycles. The van der Waals surface area contributed by atoms with E-state index in [9.17, 15) is 13.9 Å².